The first-order valence-corrected chi connectivity index (χ1v) is 11.2. The highest BCUT2D eigenvalue weighted by Crippen LogP contribution is 2.55. The largest absolute Gasteiger partial charge is 0.573 e. The summed E-state index contributed by atoms with van der Waals surface area (Å²) in [5, 5.41) is 0. The fourth-order valence-electron chi connectivity index (χ4n) is 5.89. The van der Waals surface area contributed by atoms with Crippen LogP contribution in [0.4, 0.5) is 22.0 Å². The van der Waals surface area contributed by atoms with E-state index in [1.807, 2.05) is 13.0 Å². The van der Waals surface area contributed by atoms with Crippen molar-refractivity contribution < 1.29 is 26.7 Å². The lowest BCUT2D eigenvalue weighted by Crippen LogP contribution is -2.35. The first-order chi connectivity index (χ1) is 15.3. The van der Waals surface area contributed by atoms with E-state index in [4.69, 9.17) is 0 Å². The number of hydrogen-bond acceptors (Lipinski definition) is 1. The van der Waals surface area contributed by atoms with E-state index >= 15 is 0 Å². The molecule has 4 atom stereocenters. The average molecular weight is 450 g/mol. The molecule has 0 aliphatic heterocycles. The van der Waals surface area contributed by atoms with E-state index in [1.165, 1.54) is 18.2 Å². The number of alkyl halides is 3. The molecular weight excluding hydrogens is 423 g/mol. The van der Waals surface area contributed by atoms with Crippen LogP contribution >= 0.6 is 0 Å². The van der Waals surface area contributed by atoms with Crippen molar-refractivity contribution in [1.82, 2.24) is 0 Å². The molecule has 4 rings (SSSR count). The monoisotopic (exact) mass is 450 g/mol. The van der Waals surface area contributed by atoms with Gasteiger partial charge in [0.25, 0.3) is 0 Å². The van der Waals surface area contributed by atoms with Crippen LogP contribution in [0.5, 0.6) is 5.75 Å². The van der Waals surface area contributed by atoms with Crippen LogP contribution in [-0.2, 0) is 6.42 Å². The first-order valence-electron chi connectivity index (χ1n) is 11.2. The third kappa shape index (κ3) is 4.84. The molecule has 2 aromatic rings. The van der Waals surface area contributed by atoms with Gasteiger partial charge in [0.05, 0.1) is 0 Å². The second-order valence-electron chi connectivity index (χ2n) is 8.89. The molecule has 1 fully saturated rings. The summed E-state index contributed by atoms with van der Waals surface area (Å²) in [5.41, 5.74) is 2.36. The Labute approximate surface area is 185 Å². The Kier molecular flexibility index (Phi) is 6.59. The van der Waals surface area contributed by atoms with E-state index in [2.05, 4.69) is 10.8 Å². The normalized spacial score (nSPS) is 25.4. The minimum atomic E-state index is -4.73. The van der Waals surface area contributed by atoms with Crippen molar-refractivity contribution in [2.75, 3.05) is 0 Å². The second-order valence-corrected chi connectivity index (χ2v) is 8.89. The summed E-state index contributed by atoms with van der Waals surface area (Å²) in [5.74, 6) is -0.529. The fourth-order valence-corrected chi connectivity index (χ4v) is 5.89. The highest BCUT2D eigenvalue weighted by atomic mass is 19.4. The molecule has 0 spiro atoms. The van der Waals surface area contributed by atoms with Gasteiger partial charge in [0, 0.05) is 6.07 Å². The summed E-state index contributed by atoms with van der Waals surface area (Å²) < 4.78 is 70.2. The predicted molar refractivity (Wildman–Crippen MR) is 114 cm³/mol. The summed E-state index contributed by atoms with van der Waals surface area (Å²) >= 11 is 0. The highest BCUT2D eigenvalue weighted by molar-refractivity contribution is 5.39. The Morgan fingerprint density at radius 2 is 1.78 bits per heavy atom. The van der Waals surface area contributed by atoms with Gasteiger partial charge < -0.3 is 4.74 Å². The molecule has 0 aromatic heterocycles. The Morgan fingerprint density at radius 1 is 1.03 bits per heavy atom. The van der Waals surface area contributed by atoms with Crippen LogP contribution in [0.15, 0.2) is 48.6 Å². The molecule has 1 nitrogen and oxygen atoms in total. The van der Waals surface area contributed by atoms with E-state index in [1.54, 1.807) is 12.1 Å². The first kappa shape index (κ1) is 22.8. The van der Waals surface area contributed by atoms with E-state index in [0.717, 1.165) is 49.3 Å². The van der Waals surface area contributed by atoms with Gasteiger partial charge in [-0.15, -0.1) is 13.2 Å². The SMILES string of the molecule is CC=CCC[C@@H]1CC[C@H]2c3cc(F)cc(F)c3CC[C@@H]2[C@H]1c1ccc(OC(F)(F)F)cc1. The van der Waals surface area contributed by atoms with Gasteiger partial charge in [0.2, 0.25) is 0 Å². The van der Waals surface area contributed by atoms with Crippen molar-refractivity contribution in [3.63, 3.8) is 0 Å². The molecule has 0 amide bonds. The number of hydrogen-bond donors (Lipinski definition) is 0. The van der Waals surface area contributed by atoms with Gasteiger partial charge >= 0.3 is 6.36 Å². The lowest BCUT2D eigenvalue weighted by Gasteiger charge is -2.47. The summed E-state index contributed by atoms with van der Waals surface area (Å²) in [6.45, 7) is 1.98. The molecule has 0 radical (unpaired) electrons. The number of ether oxygens (including phenoxy) is 1. The van der Waals surface area contributed by atoms with Gasteiger partial charge in [-0.3, -0.25) is 0 Å². The van der Waals surface area contributed by atoms with Crippen molar-refractivity contribution >= 4 is 0 Å². The lowest BCUT2D eigenvalue weighted by molar-refractivity contribution is -0.274. The third-order valence-electron chi connectivity index (χ3n) is 7.09. The van der Waals surface area contributed by atoms with Crippen LogP contribution in [0.2, 0.25) is 0 Å². The molecule has 6 heteroatoms. The van der Waals surface area contributed by atoms with E-state index in [9.17, 15) is 22.0 Å². The molecule has 2 aliphatic carbocycles. The van der Waals surface area contributed by atoms with Gasteiger partial charge in [0.1, 0.15) is 17.4 Å². The number of allylic oxidation sites excluding steroid dienone is 2. The van der Waals surface area contributed by atoms with Crippen LogP contribution in [0.3, 0.4) is 0 Å². The maximum atomic E-state index is 14.4. The number of fused-ring (bicyclic) bond motifs is 3. The van der Waals surface area contributed by atoms with Crippen molar-refractivity contribution in [1.29, 1.82) is 0 Å². The Hall–Kier alpha value is -2.37. The molecule has 0 N–H and O–H groups in total. The average Bonchev–Trinajstić information content (AvgIpc) is 2.73. The molecule has 0 unspecified atom stereocenters. The standard InChI is InChI=1S/C26H27F5O/c1-2-3-4-5-16-8-11-20-22(13-12-21-23(20)14-18(27)15-24(21)28)25(16)17-6-9-19(10-7-17)32-26(29,30)31/h2-3,6-7,9-10,14-16,20,22,25H,4-5,8,11-13H2,1H3/t16-,20-,22+,25-/m1/s1. The van der Waals surface area contributed by atoms with Crippen molar-refractivity contribution in [2.45, 2.75) is 63.6 Å². The van der Waals surface area contributed by atoms with Crippen molar-refractivity contribution in [3.8, 4) is 5.75 Å². The Morgan fingerprint density at radius 3 is 2.47 bits per heavy atom. The Balaban J connectivity index is 1.67. The number of rotatable bonds is 5. The highest BCUT2D eigenvalue weighted by Gasteiger charge is 2.43. The van der Waals surface area contributed by atoms with Gasteiger partial charge in [-0.2, -0.15) is 0 Å². The van der Waals surface area contributed by atoms with Crippen LogP contribution in [0, 0.1) is 23.5 Å². The maximum absolute atomic E-state index is 14.4. The predicted octanol–water partition coefficient (Wildman–Crippen LogP) is 8.06. The molecule has 0 heterocycles. The van der Waals surface area contributed by atoms with Gasteiger partial charge in [-0.1, -0.05) is 24.3 Å². The summed E-state index contributed by atoms with van der Waals surface area (Å²) in [6.07, 6.45) is 4.45. The minimum Gasteiger partial charge on any atom is -0.406 e. The number of halogens is 5. The van der Waals surface area contributed by atoms with Gasteiger partial charge in [-0.05, 0) is 104 Å². The summed E-state index contributed by atoms with van der Waals surface area (Å²) in [7, 11) is 0. The Bertz CT molecular complexity index is 963. The van der Waals surface area contributed by atoms with E-state index < -0.39 is 18.0 Å². The molecule has 2 aliphatic rings. The second kappa shape index (κ2) is 9.24. The zero-order valence-electron chi connectivity index (χ0n) is 18.0. The van der Waals surface area contributed by atoms with Crippen LogP contribution < -0.4 is 4.74 Å². The maximum Gasteiger partial charge on any atom is 0.573 e. The quantitative estimate of drug-likeness (QED) is 0.331. The van der Waals surface area contributed by atoms with Gasteiger partial charge in [-0.25, -0.2) is 8.78 Å². The molecule has 2 aromatic carbocycles. The molecule has 0 saturated heterocycles. The molecule has 32 heavy (non-hydrogen) atoms. The van der Waals surface area contributed by atoms with Crippen molar-refractivity contribution in [2.24, 2.45) is 11.8 Å². The van der Waals surface area contributed by atoms with E-state index in [-0.39, 0.29) is 23.5 Å². The molecular formula is C26H27F5O. The molecule has 172 valence electrons. The van der Waals surface area contributed by atoms with Gasteiger partial charge in [0.15, 0.2) is 0 Å². The molecule has 1 saturated carbocycles. The minimum absolute atomic E-state index is 0.0537. The summed E-state index contributed by atoms with van der Waals surface area (Å²) in [4.78, 5) is 0. The fraction of sp³-hybridized carbons (Fsp3) is 0.462. The lowest BCUT2D eigenvalue weighted by atomic mass is 9.57. The topological polar surface area (TPSA) is 9.23 Å². The smallest absolute Gasteiger partial charge is 0.406 e. The zero-order valence-corrected chi connectivity index (χ0v) is 18.0. The zero-order chi connectivity index (χ0) is 22.9. The molecule has 0 bridgehead atoms. The van der Waals surface area contributed by atoms with Crippen molar-refractivity contribution in [3.05, 3.63) is 76.9 Å². The third-order valence-corrected chi connectivity index (χ3v) is 7.09. The van der Waals surface area contributed by atoms with Crippen LogP contribution in [0.1, 0.15) is 67.6 Å². The van der Waals surface area contributed by atoms with E-state index in [0.29, 0.717) is 17.9 Å². The number of benzene rings is 2. The van der Waals surface area contributed by atoms with Crippen LogP contribution in [-0.4, -0.2) is 6.36 Å². The van der Waals surface area contributed by atoms with Crippen LogP contribution in [0.25, 0.3) is 0 Å². The summed E-state index contributed by atoms with van der Waals surface area (Å²) in [6, 6.07) is 8.61.